The third-order valence-corrected chi connectivity index (χ3v) is 5.36. The van der Waals surface area contributed by atoms with Gasteiger partial charge in [-0.2, -0.15) is 0 Å². The van der Waals surface area contributed by atoms with Crippen LogP contribution in [0.2, 0.25) is 0 Å². The summed E-state index contributed by atoms with van der Waals surface area (Å²) in [6.45, 7) is 2.64. The Hall–Kier alpha value is -1.39. The van der Waals surface area contributed by atoms with Crippen LogP contribution in [0.5, 0.6) is 0 Å². The van der Waals surface area contributed by atoms with E-state index in [1.54, 1.807) is 0 Å². The van der Waals surface area contributed by atoms with Crippen LogP contribution in [0.4, 0.5) is 0 Å². The van der Waals surface area contributed by atoms with Crippen molar-refractivity contribution in [2.75, 3.05) is 26.3 Å². The largest absolute Gasteiger partial charge is 0.396 e. The summed E-state index contributed by atoms with van der Waals surface area (Å²) in [5.41, 5.74) is 1.02. The summed E-state index contributed by atoms with van der Waals surface area (Å²) >= 11 is 0. The van der Waals surface area contributed by atoms with Crippen molar-refractivity contribution in [3.63, 3.8) is 0 Å². The van der Waals surface area contributed by atoms with Gasteiger partial charge in [-0.15, -0.1) is 0 Å². The van der Waals surface area contributed by atoms with Gasteiger partial charge in [-0.1, -0.05) is 30.3 Å². The summed E-state index contributed by atoms with van der Waals surface area (Å²) in [6, 6.07) is 9.94. The van der Waals surface area contributed by atoms with Crippen molar-refractivity contribution >= 4 is 5.91 Å². The summed E-state index contributed by atoms with van der Waals surface area (Å²) < 4.78 is 6.11. The molecule has 1 atom stereocenters. The number of amides is 1. The maximum Gasteiger partial charge on any atom is 0.226 e. The third-order valence-electron chi connectivity index (χ3n) is 5.36. The second kappa shape index (κ2) is 7.45. The Balaban J connectivity index is 1.52. The molecule has 0 aromatic heterocycles. The standard InChI is InChI=1S/C19H27NO3/c21-12-6-17-7-13-23-19(15-17)8-10-20(11-9-19)18(22)14-16-4-2-1-3-5-16/h1-5,17,21H,6-15H2. The highest BCUT2D eigenvalue weighted by atomic mass is 16.5. The fourth-order valence-corrected chi connectivity index (χ4v) is 3.95. The van der Waals surface area contributed by atoms with E-state index in [2.05, 4.69) is 0 Å². The normalized spacial score (nSPS) is 23.9. The number of nitrogens with zero attached hydrogens (tertiary/aromatic N) is 1. The first-order chi connectivity index (χ1) is 11.2. The molecule has 1 amide bonds. The molecule has 2 aliphatic heterocycles. The van der Waals surface area contributed by atoms with Crippen LogP contribution >= 0.6 is 0 Å². The van der Waals surface area contributed by atoms with Crippen LogP contribution in [-0.4, -0.2) is 47.8 Å². The summed E-state index contributed by atoms with van der Waals surface area (Å²) in [6.07, 6.45) is 5.31. The summed E-state index contributed by atoms with van der Waals surface area (Å²) in [5, 5.41) is 9.17. The summed E-state index contributed by atoms with van der Waals surface area (Å²) in [5.74, 6) is 0.786. The zero-order chi connectivity index (χ0) is 16.1. The predicted molar refractivity (Wildman–Crippen MR) is 89.1 cm³/mol. The molecule has 1 aromatic rings. The van der Waals surface area contributed by atoms with E-state index in [9.17, 15) is 4.79 Å². The molecule has 1 spiro atoms. The van der Waals surface area contributed by atoms with E-state index >= 15 is 0 Å². The molecule has 1 unspecified atom stereocenters. The molecule has 1 N–H and O–H groups in total. The van der Waals surface area contributed by atoms with Crippen LogP contribution in [0.3, 0.4) is 0 Å². The molecule has 23 heavy (non-hydrogen) atoms. The van der Waals surface area contributed by atoms with Crippen molar-refractivity contribution < 1.29 is 14.6 Å². The van der Waals surface area contributed by atoms with Gasteiger partial charge >= 0.3 is 0 Å². The Labute approximate surface area is 138 Å². The van der Waals surface area contributed by atoms with Crippen molar-refractivity contribution in [1.82, 2.24) is 4.90 Å². The Morgan fingerprint density at radius 3 is 2.70 bits per heavy atom. The first-order valence-electron chi connectivity index (χ1n) is 8.77. The Morgan fingerprint density at radius 2 is 2.00 bits per heavy atom. The van der Waals surface area contributed by atoms with Gasteiger partial charge in [0.05, 0.1) is 12.0 Å². The van der Waals surface area contributed by atoms with Crippen molar-refractivity contribution in [2.24, 2.45) is 5.92 Å². The smallest absolute Gasteiger partial charge is 0.226 e. The van der Waals surface area contributed by atoms with Crippen molar-refractivity contribution in [1.29, 1.82) is 0 Å². The minimum absolute atomic E-state index is 0.0540. The number of hydrogen-bond donors (Lipinski definition) is 1. The molecule has 4 heteroatoms. The lowest BCUT2D eigenvalue weighted by Gasteiger charge is -2.46. The second-order valence-electron chi connectivity index (χ2n) is 6.95. The van der Waals surface area contributed by atoms with Gasteiger partial charge in [0.2, 0.25) is 5.91 Å². The molecule has 4 nitrogen and oxygen atoms in total. The van der Waals surface area contributed by atoms with Crippen molar-refractivity contribution in [3.05, 3.63) is 35.9 Å². The molecule has 2 fully saturated rings. The molecule has 0 bridgehead atoms. The maximum atomic E-state index is 12.5. The second-order valence-corrected chi connectivity index (χ2v) is 6.95. The summed E-state index contributed by atoms with van der Waals surface area (Å²) in [4.78, 5) is 14.4. The number of carbonyl (C=O) groups is 1. The SMILES string of the molecule is O=C(Cc1ccccc1)N1CCC2(CC1)CC(CCO)CCO2. The molecule has 0 aliphatic carbocycles. The van der Waals surface area contributed by atoms with Gasteiger partial charge in [0.1, 0.15) is 0 Å². The highest BCUT2D eigenvalue weighted by molar-refractivity contribution is 5.78. The van der Waals surface area contributed by atoms with E-state index in [0.29, 0.717) is 12.3 Å². The number of aliphatic hydroxyl groups is 1. The zero-order valence-electron chi connectivity index (χ0n) is 13.7. The van der Waals surface area contributed by atoms with Gasteiger partial charge in [0.25, 0.3) is 0 Å². The number of benzene rings is 1. The monoisotopic (exact) mass is 317 g/mol. The molecule has 0 radical (unpaired) electrons. The van der Waals surface area contributed by atoms with Gasteiger partial charge < -0.3 is 14.7 Å². The first kappa shape index (κ1) is 16.5. The number of aliphatic hydroxyl groups excluding tert-OH is 1. The Bertz CT molecular complexity index is 507. The van der Waals surface area contributed by atoms with Crippen LogP contribution in [0.15, 0.2) is 30.3 Å². The molecule has 126 valence electrons. The lowest BCUT2D eigenvalue weighted by molar-refractivity contribution is -0.147. The van der Waals surface area contributed by atoms with E-state index in [1.807, 2.05) is 35.2 Å². The average Bonchev–Trinajstić information content (AvgIpc) is 2.57. The zero-order valence-corrected chi connectivity index (χ0v) is 13.7. The topological polar surface area (TPSA) is 49.8 Å². The fourth-order valence-electron chi connectivity index (χ4n) is 3.95. The Kier molecular flexibility index (Phi) is 5.34. The van der Waals surface area contributed by atoms with Gasteiger partial charge in [0.15, 0.2) is 0 Å². The molecular formula is C19H27NO3. The van der Waals surface area contributed by atoms with Gasteiger partial charge in [0, 0.05) is 26.3 Å². The molecular weight excluding hydrogens is 290 g/mol. The summed E-state index contributed by atoms with van der Waals surface area (Å²) in [7, 11) is 0. The van der Waals surface area contributed by atoms with E-state index in [0.717, 1.165) is 57.4 Å². The average molecular weight is 317 g/mol. The fraction of sp³-hybridized carbons (Fsp3) is 0.632. The van der Waals surface area contributed by atoms with Crippen molar-refractivity contribution in [3.8, 4) is 0 Å². The molecule has 2 saturated heterocycles. The van der Waals surface area contributed by atoms with Crippen molar-refractivity contribution in [2.45, 2.75) is 44.1 Å². The molecule has 3 rings (SSSR count). The van der Waals surface area contributed by atoms with E-state index < -0.39 is 0 Å². The van der Waals surface area contributed by atoms with E-state index in [1.165, 1.54) is 0 Å². The highest BCUT2D eigenvalue weighted by Crippen LogP contribution is 2.38. The number of rotatable bonds is 4. The van der Waals surface area contributed by atoms with Crippen LogP contribution < -0.4 is 0 Å². The van der Waals surface area contributed by atoms with Crippen LogP contribution in [0.1, 0.15) is 37.7 Å². The number of hydrogen-bond acceptors (Lipinski definition) is 3. The predicted octanol–water partition coefficient (Wildman–Crippen LogP) is 2.40. The molecule has 2 aliphatic rings. The molecule has 0 saturated carbocycles. The van der Waals surface area contributed by atoms with Gasteiger partial charge in [-0.25, -0.2) is 0 Å². The molecule has 2 heterocycles. The minimum Gasteiger partial charge on any atom is -0.396 e. The van der Waals surface area contributed by atoms with Crippen LogP contribution in [0, 0.1) is 5.92 Å². The minimum atomic E-state index is -0.0540. The van der Waals surface area contributed by atoms with Gasteiger partial charge in [-0.3, -0.25) is 4.79 Å². The molecule has 1 aromatic carbocycles. The maximum absolute atomic E-state index is 12.5. The number of likely N-dealkylation sites (tertiary alicyclic amines) is 1. The number of carbonyl (C=O) groups excluding carboxylic acids is 1. The first-order valence-corrected chi connectivity index (χ1v) is 8.77. The van der Waals surface area contributed by atoms with Crippen LogP contribution in [-0.2, 0) is 16.0 Å². The van der Waals surface area contributed by atoms with Crippen LogP contribution in [0.25, 0.3) is 0 Å². The third kappa shape index (κ3) is 4.12. The quantitative estimate of drug-likeness (QED) is 0.928. The highest BCUT2D eigenvalue weighted by Gasteiger charge is 2.40. The lowest BCUT2D eigenvalue weighted by Crippen LogP contribution is -2.51. The van der Waals surface area contributed by atoms with E-state index in [-0.39, 0.29) is 18.1 Å². The number of ether oxygens (including phenoxy) is 1. The lowest BCUT2D eigenvalue weighted by atomic mass is 9.78. The number of piperidine rings is 1. The Morgan fingerprint density at radius 1 is 1.26 bits per heavy atom. The van der Waals surface area contributed by atoms with E-state index in [4.69, 9.17) is 9.84 Å². The van der Waals surface area contributed by atoms with Gasteiger partial charge in [-0.05, 0) is 43.6 Å².